The second-order valence-corrected chi connectivity index (χ2v) is 5.71. The smallest absolute Gasteiger partial charge is 0.268 e. The summed E-state index contributed by atoms with van der Waals surface area (Å²) in [6.07, 6.45) is 0. The third-order valence-corrected chi connectivity index (χ3v) is 4.31. The lowest BCUT2D eigenvalue weighted by molar-refractivity contribution is 0.0992. The SMILES string of the molecule is CCN(C(=O)c1cc(C)c(C)s1)c1ccccc1N. The van der Waals surface area contributed by atoms with E-state index >= 15 is 0 Å². The number of carbonyl (C=O) groups excluding carboxylic acids is 1. The van der Waals surface area contributed by atoms with Gasteiger partial charge in [0.25, 0.3) is 5.91 Å². The third-order valence-electron chi connectivity index (χ3n) is 3.17. The molecule has 2 aromatic rings. The van der Waals surface area contributed by atoms with Gasteiger partial charge in [0.05, 0.1) is 16.3 Å². The minimum Gasteiger partial charge on any atom is -0.397 e. The second kappa shape index (κ2) is 5.45. The van der Waals surface area contributed by atoms with Crippen molar-refractivity contribution in [1.82, 2.24) is 0 Å². The van der Waals surface area contributed by atoms with Crippen molar-refractivity contribution < 1.29 is 4.79 Å². The third kappa shape index (κ3) is 2.63. The van der Waals surface area contributed by atoms with E-state index in [0.29, 0.717) is 12.2 Å². The molecule has 100 valence electrons. The molecule has 0 unspecified atom stereocenters. The average Bonchev–Trinajstić information content (AvgIpc) is 2.73. The summed E-state index contributed by atoms with van der Waals surface area (Å²) in [6.45, 7) is 6.61. The number of anilines is 2. The Bertz CT molecular complexity index is 584. The Kier molecular flexibility index (Phi) is 3.90. The molecular formula is C15H18N2OS. The number of nitrogen functional groups attached to an aromatic ring is 1. The molecule has 0 radical (unpaired) electrons. The summed E-state index contributed by atoms with van der Waals surface area (Å²) in [4.78, 5) is 16.2. The fourth-order valence-electron chi connectivity index (χ4n) is 1.97. The lowest BCUT2D eigenvalue weighted by atomic mass is 10.2. The maximum Gasteiger partial charge on any atom is 0.268 e. The van der Waals surface area contributed by atoms with E-state index in [-0.39, 0.29) is 5.91 Å². The zero-order valence-corrected chi connectivity index (χ0v) is 12.3. The van der Waals surface area contributed by atoms with Crippen molar-refractivity contribution >= 4 is 28.6 Å². The largest absolute Gasteiger partial charge is 0.397 e. The van der Waals surface area contributed by atoms with E-state index in [1.165, 1.54) is 16.2 Å². The average molecular weight is 274 g/mol. The van der Waals surface area contributed by atoms with Gasteiger partial charge in [0.1, 0.15) is 0 Å². The minimum atomic E-state index is 0.0154. The van der Waals surface area contributed by atoms with Gasteiger partial charge in [0.15, 0.2) is 0 Å². The summed E-state index contributed by atoms with van der Waals surface area (Å²) in [6, 6.07) is 9.41. The standard InChI is InChI=1S/C15H18N2OS/c1-4-17(13-8-6-5-7-12(13)16)15(18)14-9-10(2)11(3)19-14/h5-9H,4,16H2,1-3H3. The normalized spacial score (nSPS) is 10.5. The highest BCUT2D eigenvalue weighted by atomic mass is 32.1. The van der Waals surface area contributed by atoms with Crippen LogP contribution in [-0.4, -0.2) is 12.5 Å². The number of carbonyl (C=O) groups is 1. The van der Waals surface area contributed by atoms with Crippen LogP contribution in [0.1, 0.15) is 27.0 Å². The number of rotatable bonds is 3. The topological polar surface area (TPSA) is 46.3 Å². The molecule has 0 saturated carbocycles. The fourth-order valence-corrected chi connectivity index (χ4v) is 2.95. The van der Waals surface area contributed by atoms with Gasteiger partial charge in [-0.2, -0.15) is 0 Å². The molecule has 0 saturated heterocycles. The molecule has 0 fully saturated rings. The predicted octanol–water partition coefficient (Wildman–Crippen LogP) is 3.61. The Morgan fingerprint density at radius 2 is 2.00 bits per heavy atom. The predicted molar refractivity (Wildman–Crippen MR) is 82.0 cm³/mol. The van der Waals surface area contributed by atoms with E-state index in [1.807, 2.05) is 51.1 Å². The number of nitrogens with zero attached hydrogens (tertiary/aromatic N) is 1. The van der Waals surface area contributed by atoms with E-state index in [1.54, 1.807) is 4.90 Å². The molecule has 19 heavy (non-hydrogen) atoms. The van der Waals surface area contributed by atoms with Gasteiger partial charge in [0.2, 0.25) is 0 Å². The van der Waals surface area contributed by atoms with Gasteiger partial charge in [-0.3, -0.25) is 4.79 Å². The van der Waals surface area contributed by atoms with Crippen LogP contribution in [0.15, 0.2) is 30.3 Å². The second-order valence-electron chi connectivity index (χ2n) is 4.46. The molecule has 1 aromatic carbocycles. The molecule has 2 N–H and O–H groups in total. The Hall–Kier alpha value is -1.81. The summed E-state index contributed by atoms with van der Waals surface area (Å²) in [5.41, 5.74) is 8.52. The van der Waals surface area contributed by atoms with Gasteiger partial charge in [-0.15, -0.1) is 11.3 Å². The van der Waals surface area contributed by atoms with Gasteiger partial charge in [-0.05, 0) is 44.5 Å². The van der Waals surface area contributed by atoms with Crippen LogP contribution in [0.2, 0.25) is 0 Å². The number of benzene rings is 1. The number of aryl methyl sites for hydroxylation is 2. The molecule has 0 atom stereocenters. The molecule has 3 nitrogen and oxygen atoms in total. The molecule has 0 aliphatic rings. The highest BCUT2D eigenvalue weighted by Gasteiger charge is 2.20. The Balaban J connectivity index is 2.37. The summed E-state index contributed by atoms with van der Waals surface area (Å²) in [7, 11) is 0. The van der Waals surface area contributed by atoms with Gasteiger partial charge < -0.3 is 10.6 Å². The van der Waals surface area contributed by atoms with Crippen molar-refractivity contribution in [2.45, 2.75) is 20.8 Å². The van der Waals surface area contributed by atoms with Crippen LogP contribution in [-0.2, 0) is 0 Å². The van der Waals surface area contributed by atoms with E-state index in [9.17, 15) is 4.79 Å². The first-order valence-corrected chi connectivity index (χ1v) is 7.09. The molecule has 1 aromatic heterocycles. The van der Waals surface area contributed by atoms with Crippen LogP contribution in [0.25, 0.3) is 0 Å². The zero-order valence-electron chi connectivity index (χ0n) is 11.4. The molecule has 0 spiro atoms. The molecule has 2 rings (SSSR count). The molecule has 1 amide bonds. The zero-order chi connectivity index (χ0) is 14.0. The van der Waals surface area contributed by atoms with Gasteiger partial charge in [0, 0.05) is 11.4 Å². The lowest BCUT2D eigenvalue weighted by Crippen LogP contribution is -2.30. The Labute approximate surface area is 117 Å². The van der Waals surface area contributed by atoms with Crippen LogP contribution < -0.4 is 10.6 Å². The van der Waals surface area contributed by atoms with E-state index < -0.39 is 0 Å². The van der Waals surface area contributed by atoms with Crippen LogP contribution in [0.5, 0.6) is 0 Å². The Morgan fingerprint density at radius 1 is 1.32 bits per heavy atom. The van der Waals surface area contributed by atoms with E-state index in [2.05, 4.69) is 0 Å². The highest BCUT2D eigenvalue weighted by molar-refractivity contribution is 7.14. The number of amides is 1. The first-order chi connectivity index (χ1) is 9.04. The first kappa shape index (κ1) is 13.6. The van der Waals surface area contributed by atoms with Crippen molar-refractivity contribution in [3.05, 3.63) is 45.6 Å². The van der Waals surface area contributed by atoms with Crippen LogP contribution in [0.3, 0.4) is 0 Å². The number of hydrogen-bond acceptors (Lipinski definition) is 3. The summed E-state index contributed by atoms with van der Waals surface area (Å²) in [5.74, 6) is 0.0154. The van der Waals surface area contributed by atoms with E-state index in [0.717, 1.165) is 16.1 Å². The summed E-state index contributed by atoms with van der Waals surface area (Å²) < 4.78 is 0. The van der Waals surface area contributed by atoms with Crippen LogP contribution in [0.4, 0.5) is 11.4 Å². The Morgan fingerprint density at radius 3 is 2.53 bits per heavy atom. The molecule has 0 bridgehead atoms. The van der Waals surface area contributed by atoms with Crippen molar-refractivity contribution in [3.63, 3.8) is 0 Å². The van der Waals surface area contributed by atoms with Gasteiger partial charge in [-0.25, -0.2) is 0 Å². The number of para-hydroxylation sites is 2. The van der Waals surface area contributed by atoms with Crippen molar-refractivity contribution in [2.24, 2.45) is 0 Å². The minimum absolute atomic E-state index is 0.0154. The fraction of sp³-hybridized carbons (Fsp3) is 0.267. The molecular weight excluding hydrogens is 256 g/mol. The van der Waals surface area contributed by atoms with E-state index in [4.69, 9.17) is 5.73 Å². The summed E-state index contributed by atoms with van der Waals surface area (Å²) in [5, 5.41) is 0. The molecule has 1 heterocycles. The van der Waals surface area contributed by atoms with Crippen LogP contribution >= 0.6 is 11.3 Å². The number of nitrogens with two attached hydrogens (primary N) is 1. The monoisotopic (exact) mass is 274 g/mol. The van der Waals surface area contributed by atoms with Crippen molar-refractivity contribution in [1.29, 1.82) is 0 Å². The lowest BCUT2D eigenvalue weighted by Gasteiger charge is -2.21. The molecule has 0 aliphatic heterocycles. The van der Waals surface area contributed by atoms with Crippen LogP contribution in [0, 0.1) is 13.8 Å². The maximum atomic E-state index is 12.6. The van der Waals surface area contributed by atoms with Gasteiger partial charge in [-0.1, -0.05) is 12.1 Å². The summed E-state index contributed by atoms with van der Waals surface area (Å²) >= 11 is 1.53. The quantitative estimate of drug-likeness (QED) is 0.869. The maximum absolute atomic E-state index is 12.6. The number of thiophene rings is 1. The van der Waals surface area contributed by atoms with Crippen molar-refractivity contribution in [2.75, 3.05) is 17.2 Å². The van der Waals surface area contributed by atoms with Gasteiger partial charge >= 0.3 is 0 Å². The molecule has 4 heteroatoms. The first-order valence-electron chi connectivity index (χ1n) is 6.28. The number of hydrogen-bond donors (Lipinski definition) is 1. The van der Waals surface area contributed by atoms with Crippen molar-refractivity contribution in [3.8, 4) is 0 Å². The molecule has 0 aliphatic carbocycles. The highest BCUT2D eigenvalue weighted by Crippen LogP contribution is 2.27.